The van der Waals surface area contributed by atoms with Crippen molar-refractivity contribution in [3.63, 3.8) is 0 Å². The van der Waals surface area contributed by atoms with E-state index in [9.17, 15) is 5.11 Å². The van der Waals surface area contributed by atoms with Gasteiger partial charge in [0.25, 0.3) is 0 Å². The van der Waals surface area contributed by atoms with Crippen LogP contribution in [-0.2, 0) is 4.74 Å². The molecule has 0 rings (SSSR count). The van der Waals surface area contributed by atoms with Crippen LogP contribution in [0, 0.1) is 11.5 Å². The molecule has 0 spiro atoms. The fourth-order valence-electron chi connectivity index (χ4n) is 2.40. The van der Waals surface area contributed by atoms with Gasteiger partial charge in [0.15, 0.2) is 0 Å². The molecule has 0 aliphatic heterocycles. The average Bonchev–Trinajstić information content (AvgIpc) is 2.37. The van der Waals surface area contributed by atoms with Crippen LogP contribution < -0.4 is 0 Å². The Morgan fingerprint density at radius 3 is 2.14 bits per heavy atom. The lowest BCUT2D eigenvalue weighted by molar-refractivity contribution is -0.00239. The van der Waals surface area contributed by atoms with E-state index in [0.29, 0.717) is 6.42 Å². The zero-order valence-corrected chi connectivity index (χ0v) is 16.7. The van der Waals surface area contributed by atoms with Gasteiger partial charge in [0, 0.05) is 0 Å². The minimum absolute atomic E-state index is 0.0339. The third-order valence-electron chi connectivity index (χ3n) is 3.50. The maximum atomic E-state index is 9.48. The maximum Gasteiger partial charge on any atom is 0.129 e. The molecule has 0 bridgehead atoms. The molecule has 0 amide bonds. The first-order valence-electron chi connectivity index (χ1n) is 9.10. The number of aliphatic hydroxyl groups is 1. The molecule has 3 atom stereocenters. The summed E-state index contributed by atoms with van der Waals surface area (Å²) in [6.45, 7) is 12.9. The molecule has 0 saturated carbocycles. The Balaban J connectivity index is 4.30. The summed E-state index contributed by atoms with van der Waals surface area (Å²) in [6, 6.07) is 0. The lowest BCUT2D eigenvalue weighted by Crippen LogP contribution is -2.24. The topological polar surface area (TPSA) is 29.5 Å². The fourth-order valence-corrected chi connectivity index (χ4v) is 2.99. The van der Waals surface area contributed by atoms with Crippen molar-refractivity contribution in [2.75, 3.05) is 0 Å². The van der Waals surface area contributed by atoms with Gasteiger partial charge in [0.1, 0.15) is 14.2 Å². The van der Waals surface area contributed by atoms with E-state index in [4.69, 9.17) is 4.74 Å². The van der Waals surface area contributed by atoms with Crippen molar-refractivity contribution in [1.29, 1.82) is 0 Å². The summed E-state index contributed by atoms with van der Waals surface area (Å²) in [5, 5.41) is 9.48. The number of unbranched alkanes of at least 4 members (excludes halogenated alkanes) is 5. The first kappa shape index (κ1) is 21.7. The van der Waals surface area contributed by atoms with Crippen LogP contribution in [0.25, 0.3) is 0 Å². The second-order valence-corrected chi connectivity index (χ2v) is 12.3. The molecule has 0 aromatic rings. The van der Waals surface area contributed by atoms with E-state index < -0.39 is 8.07 Å². The normalized spacial score (nSPS) is 15.8. The molecule has 0 fully saturated rings. The van der Waals surface area contributed by atoms with Crippen LogP contribution >= 0.6 is 0 Å². The van der Waals surface area contributed by atoms with Crippen LogP contribution in [0.2, 0.25) is 19.6 Å². The molecule has 1 N–H and O–H groups in total. The van der Waals surface area contributed by atoms with Crippen molar-refractivity contribution in [1.82, 2.24) is 0 Å². The Bertz CT molecular complexity index is 323. The van der Waals surface area contributed by atoms with Gasteiger partial charge in [-0.3, -0.25) is 0 Å². The Labute approximate surface area is 140 Å². The molecule has 130 valence electrons. The smallest absolute Gasteiger partial charge is 0.129 e. The Morgan fingerprint density at radius 2 is 1.59 bits per heavy atom. The second kappa shape index (κ2) is 12.2. The quantitative estimate of drug-likeness (QED) is 0.323. The first-order chi connectivity index (χ1) is 10.2. The van der Waals surface area contributed by atoms with Crippen molar-refractivity contribution in [3.8, 4) is 11.5 Å². The monoisotopic (exact) mass is 326 g/mol. The van der Waals surface area contributed by atoms with E-state index in [1.807, 2.05) is 13.8 Å². The van der Waals surface area contributed by atoms with Gasteiger partial charge in [0.05, 0.1) is 12.2 Å². The lowest BCUT2D eigenvalue weighted by Gasteiger charge is -2.20. The van der Waals surface area contributed by atoms with E-state index in [1.54, 1.807) is 0 Å². The highest BCUT2D eigenvalue weighted by molar-refractivity contribution is 6.83. The molecular weight excluding hydrogens is 288 g/mol. The van der Waals surface area contributed by atoms with Crippen LogP contribution in [0.15, 0.2) is 0 Å². The van der Waals surface area contributed by atoms with Gasteiger partial charge < -0.3 is 9.84 Å². The second-order valence-electron chi connectivity index (χ2n) is 7.60. The number of rotatable bonds is 11. The Morgan fingerprint density at radius 1 is 1.00 bits per heavy atom. The molecule has 0 aromatic carbocycles. The molecule has 0 unspecified atom stereocenters. The third kappa shape index (κ3) is 14.6. The molecule has 0 aliphatic rings. The van der Waals surface area contributed by atoms with Gasteiger partial charge >= 0.3 is 0 Å². The van der Waals surface area contributed by atoms with E-state index >= 15 is 0 Å². The van der Waals surface area contributed by atoms with E-state index in [0.717, 1.165) is 6.42 Å². The van der Waals surface area contributed by atoms with Crippen molar-refractivity contribution < 1.29 is 9.84 Å². The highest BCUT2D eigenvalue weighted by Gasteiger charge is 2.14. The highest BCUT2D eigenvalue weighted by Crippen LogP contribution is 2.14. The largest absolute Gasteiger partial charge is 0.393 e. The van der Waals surface area contributed by atoms with Crippen molar-refractivity contribution in [3.05, 3.63) is 0 Å². The predicted molar refractivity (Wildman–Crippen MR) is 99.7 cm³/mol. The van der Waals surface area contributed by atoms with Crippen LogP contribution in [0.4, 0.5) is 0 Å². The molecule has 3 heteroatoms. The number of hydrogen-bond donors (Lipinski definition) is 1. The zero-order chi connectivity index (χ0) is 17.0. The summed E-state index contributed by atoms with van der Waals surface area (Å²) in [7, 11) is -1.36. The minimum atomic E-state index is -1.36. The summed E-state index contributed by atoms with van der Waals surface area (Å²) in [4.78, 5) is 0. The number of aliphatic hydroxyl groups excluding tert-OH is 1. The van der Waals surface area contributed by atoms with Crippen molar-refractivity contribution in [2.24, 2.45) is 0 Å². The zero-order valence-electron chi connectivity index (χ0n) is 15.7. The summed E-state index contributed by atoms with van der Waals surface area (Å²) >= 11 is 0. The summed E-state index contributed by atoms with van der Waals surface area (Å²) in [5.41, 5.74) is 3.44. The Kier molecular flexibility index (Phi) is 12.0. The van der Waals surface area contributed by atoms with Gasteiger partial charge in [-0.25, -0.2) is 0 Å². The van der Waals surface area contributed by atoms with Crippen LogP contribution in [0.1, 0.15) is 72.1 Å². The predicted octanol–water partition coefficient (Wildman–Crippen LogP) is 5.16. The van der Waals surface area contributed by atoms with Gasteiger partial charge in [0.2, 0.25) is 0 Å². The number of hydrogen-bond acceptors (Lipinski definition) is 2. The van der Waals surface area contributed by atoms with E-state index in [1.165, 1.54) is 38.5 Å². The average molecular weight is 327 g/mol. The molecule has 0 heterocycles. The van der Waals surface area contributed by atoms with Gasteiger partial charge in [-0.05, 0) is 33.1 Å². The minimum Gasteiger partial charge on any atom is -0.393 e. The molecule has 22 heavy (non-hydrogen) atoms. The van der Waals surface area contributed by atoms with Crippen LogP contribution in [0.3, 0.4) is 0 Å². The summed E-state index contributed by atoms with van der Waals surface area (Å²) < 4.78 is 6.07. The van der Waals surface area contributed by atoms with Gasteiger partial charge in [-0.1, -0.05) is 64.6 Å². The molecule has 0 saturated heterocycles. The van der Waals surface area contributed by atoms with Gasteiger partial charge in [-0.15, -0.1) is 5.54 Å². The van der Waals surface area contributed by atoms with Crippen LogP contribution in [0.5, 0.6) is 0 Å². The van der Waals surface area contributed by atoms with E-state index in [-0.39, 0.29) is 18.3 Å². The SMILES string of the molecule is CCCCCCCC[C@@H](C#C[Si](C)(C)C)O[C@H](C)C[C@@H](C)O. The molecular formula is C19H38O2Si. The maximum absolute atomic E-state index is 9.48. The fraction of sp³-hybridized carbons (Fsp3) is 0.895. The summed E-state index contributed by atoms with van der Waals surface area (Å²) in [6.07, 6.45) is 9.28. The van der Waals surface area contributed by atoms with Crippen molar-refractivity contribution in [2.45, 2.75) is 110 Å². The third-order valence-corrected chi connectivity index (χ3v) is 4.39. The van der Waals surface area contributed by atoms with E-state index in [2.05, 4.69) is 38.0 Å². The molecule has 0 aromatic heterocycles. The van der Waals surface area contributed by atoms with Crippen LogP contribution in [-0.4, -0.2) is 31.5 Å². The molecule has 0 radical (unpaired) electrons. The summed E-state index contributed by atoms with van der Waals surface area (Å²) in [5.74, 6) is 3.37. The number of ether oxygens (including phenoxy) is 1. The Hall–Kier alpha value is -0.303. The van der Waals surface area contributed by atoms with Crippen molar-refractivity contribution >= 4 is 8.07 Å². The highest BCUT2D eigenvalue weighted by atomic mass is 28.3. The lowest BCUT2D eigenvalue weighted by atomic mass is 10.1. The first-order valence-corrected chi connectivity index (χ1v) is 12.6. The molecule has 2 nitrogen and oxygen atoms in total. The standard InChI is InChI=1S/C19H38O2Si/c1-7-8-9-10-11-12-13-19(14-15-22(4,5)6)21-18(3)16-17(2)20/h17-20H,7-13,16H2,1-6H3/t17-,18-,19+/m1/s1. The van der Waals surface area contributed by atoms with Gasteiger partial charge in [-0.2, -0.15) is 0 Å². The molecule has 0 aliphatic carbocycles.